The molecule has 0 saturated heterocycles. The van der Waals surface area contributed by atoms with Crippen molar-refractivity contribution in [2.45, 2.75) is 19.3 Å². The zero-order valence-corrected chi connectivity index (χ0v) is 10.9. The fourth-order valence-corrected chi connectivity index (χ4v) is 1.90. The number of rotatable bonds is 5. The highest BCUT2D eigenvalue weighted by Gasteiger charge is 2.21. The van der Waals surface area contributed by atoms with Gasteiger partial charge in [0.1, 0.15) is 5.78 Å². The van der Waals surface area contributed by atoms with Gasteiger partial charge in [-0.2, -0.15) is 0 Å². The van der Waals surface area contributed by atoms with Crippen LogP contribution in [0, 0.1) is 23.3 Å². The summed E-state index contributed by atoms with van der Waals surface area (Å²) in [5.74, 6) is -6.57. The third-order valence-electron chi connectivity index (χ3n) is 3.02. The van der Waals surface area contributed by atoms with Crippen molar-refractivity contribution in [3.8, 4) is 0 Å². The maximum absolute atomic E-state index is 13.4. The molecule has 1 aromatic heterocycles. The highest BCUT2D eigenvalue weighted by molar-refractivity contribution is 5.81. The van der Waals surface area contributed by atoms with Crippen LogP contribution in [-0.4, -0.2) is 10.8 Å². The molecule has 0 N–H and O–H groups in total. The largest absolute Gasteiger partial charge is 0.299 e. The number of halogens is 4. The first-order valence-electron chi connectivity index (χ1n) is 6.21. The Morgan fingerprint density at radius 3 is 2.14 bits per heavy atom. The van der Waals surface area contributed by atoms with Gasteiger partial charge < -0.3 is 0 Å². The highest BCUT2D eigenvalue weighted by Crippen LogP contribution is 2.20. The van der Waals surface area contributed by atoms with Crippen molar-refractivity contribution in [3.05, 3.63) is 65.0 Å². The maximum Gasteiger partial charge on any atom is 0.165 e. The van der Waals surface area contributed by atoms with Gasteiger partial charge in [0.05, 0.1) is 0 Å². The van der Waals surface area contributed by atoms with Gasteiger partial charge in [-0.1, -0.05) is 0 Å². The summed E-state index contributed by atoms with van der Waals surface area (Å²) in [6, 6.07) is 3.53. The standard InChI is InChI=1S/C15H11F4NO/c16-12-8-13(17)15(19)11(14(12)18)7-10(21)2-1-9-3-5-20-6-4-9/h3-6,8H,1-2,7H2. The normalized spacial score (nSPS) is 10.7. The number of carbonyl (C=O) groups excluding carboxylic acids is 1. The number of aromatic nitrogens is 1. The quantitative estimate of drug-likeness (QED) is 0.625. The fraction of sp³-hybridized carbons (Fsp3) is 0.200. The van der Waals surface area contributed by atoms with E-state index >= 15 is 0 Å². The molecule has 2 nitrogen and oxygen atoms in total. The second-order valence-corrected chi connectivity index (χ2v) is 4.52. The summed E-state index contributed by atoms with van der Waals surface area (Å²) in [4.78, 5) is 15.5. The molecule has 2 aromatic rings. The minimum atomic E-state index is -1.52. The molecule has 2 rings (SSSR count). The zero-order valence-electron chi connectivity index (χ0n) is 10.9. The number of carbonyl (C=O) groups is 1. The number of Topliss-reactive ketones (excluding diaryl/α,β-unsaturated/α-hetero) is 1. The maximum atomic E-state index is 13.4. The van der Waals surface area contributed by atoms with Crippen LogP contribution in [0.3, 0.4) is 0 Å². The smallest absolute Gasteiger partial charge is 0.165 e. The van der Waals surface area contributed by atoms with Crippen LogP contribution in [0.15, 0.2) is 30.6 Å². The van der Waals surface area contributed by atoms with Gasteiger partial charge in [-0.15, -0.1) is 0 Å². The molecule has 21 heavy (non-hydrogen) atoms. The van der Waals surface area contributed by atoms with Crippen LogP contribution in [0.5, 0.6) is 0 Å². The second-order valence-electron chi connectivity index (χ2n) is 4.52. The molecule has 110 valence electrons. The van der Waals surface area contributed by atoms with E-state index in [9.17, 15) is 22.4 Å². The lowest BCUT2D eigenvalue weighted by atomic mass is 10.0. The van der Waals surface area contributed by atoms with Crippen LogP contribution < -0.4 is 0 Å². The Balaban J connectivity index is 2.07. The van der Waals surface area contributed by atoms with Crippen LogP contribution in [0.2, 0.25) is 0 Å². The van der Waals surface area contributed by atoms with Crippen molar-refractivity contribution in [2.75, 3.05) is 0 Å². The third kappa shape index (κ3) is 3.65. The average molecular weight is 297 g/mol. The van der Waals surface area contributed by atoms with E-state index in [4.69, 9.17) is 0 Å². The van der Waals surface area contributed by atoms with Crippen molar-refractivity contribution in [3.63, 3.8) is 0 Å². The fourth-order valence-electron chi connectivity index (χ4n) is 1.90. The molecule has 0 aliphatic rings. The van der Waals surface area contributed by atoms with Crippen molar-refractivity contribution in [2.24, 2.45) is 0 Å². The Labute approximate surface area is 118 Å². The lowest BCUT2D eigenvalue weighted by Crippen LogP contribution is -2.10. The van der Waals surface area contributed by atoms with E-state index < -0.39 is 41.0 Å². The predicted molar refractivity (Wildman–Crippen MR) is 67.5 cm³/mol. The van der Waals surface area contributed by atoms with Crippen LogP contribution in [0.1, 0.15) is 17.5 Å². The Bertz CT molecular complexity index is 632. The number of hydrogen-bond acceptors (Lipinski definition) is 2. The highest BCUT2D eigenvalue weighted by atomic mass is 19.2. The third-order valence-corrected chi connectivity index (χ3v) is 3.02. The Kier molecular flexibility index (Phi) is 4.67. The SMILES string of the molecule is O=C(CCc1ccncc1)Cc1c(F)c(F)cc(F)c1F. The Morgan fingerprint density at radius 2 is 1.57 bits per heavy atom. The molecule has 0 radical (unpaired) electrons. The van der Waals surface area contributed by atoms with Gasteiger partial charge >= 0.3 is 0 Å². The molecule has 0 atom stereocenters. The Morgan fingerprint density at radius 1 is 1.00 bits per heavy atom. The van der Waals surface area contributed by atoms with Crippen LogP contribution in [-0.2, 0) is 17.6 Å². The van der Waals surface area contributed by atoms with E-state index in [0.717, 1.165) is 5.56 Å². The molecule has 0 bridgehead atoms. The van der Waals surface area contributed by atoms with Gasteiger partial charge in [0.2, 0.25) is 0 Å². The molecule has 0 spiro atoms. The number of aryl methyl sites for hydroxylation is 1. The summed E-state index contributed by atoms with van der Waals surface area (Å²) < 4.78 is 52.9. The predicted octanol–water partition coefficient (Wildman–Crippen LogP) is 3.38. The summed E-state index contributed by atoms with van der Waals surface area (Å²) in [5, 5.41) is 0. The molecular formula is C15H11F4NO. The number of pyridine rings is 1. The van der Waals surface area contributed by atoms with Gasteiger partial charge in [0.15, 0.2) is 23.3 Å². The molecule has 0 unspecified atom stereocenters. The van der Waals surface area contributed by atoms with E-state index in [0.29, 0.717) is 6.42 Å². The van der Waals surface area contributed by atoms with E-state index in [1.54, 1.807) is 24.5 Å². The molecule has 6 heteroatoms. The van der Waals surface area contributed by atoms with Crippen LogP contribution in [0.4, 0.5) is 17.6 Å². The first-order chi connectivity index (χ1) is 9.99. The summed E-state index contributed by atoms with van der Waals surface area (Å²) in [6.45, 7) is 0. The molecule has 1 aromatic carbocycles. The average Bonchev–Trinajstić information content (AvgIpc) is 2.48. The van der Waals surface area contributed by atoms with Gasteiger partial charge in [0.25, 0.3) is 0 Å². The van der Waals surface area contributed by atoms with Crippen LogP contribution in [0.25, 0.3) is 0 Å². The molecular weight excluding hydrogens is 286 g/mol. The van der Waals surface area contributed by atoms with Crippen LogP contribution >= 0.6 is 0 Å². The number of hydrogen-bond donors (Lipinski definition) is 0. The summed E-state index contributed by atoms with van der Waals surface area (Å²) in [6.07, 6.45) is 2.81. The monoisotopic (exact) mass is 297 g/mol. The first kappa shape index (κ1) is 15.2. The number of benzene rings is 1. The van der Waals surface area contributed by atoms with E-state index in [-0.39, 0.29) is 12.5 Å². The van der Waals surface area contributed by atoms with E-state index in [2.05, 4.69) is 4.98 Å². The minimum absolute atomic E-state index is 0.0149. The van der Waals surface area contributed by atoms with Crippen molar-refractivity contribution < 1.29 is 22.4 Å². The molecule has 0 amide bonds. The van der Waals surface area contributed by atoms with Gasteiger partial charge in [-0.05, 0) is 24.1 Å². The van der Waals surface area contributed by atoms with E-state index in [1.807, 2.05) is 0 Å². The number of nitrogens with zero attached hydrogens (tertiary/aromatic N) is 1. The lowest BCUT2D eigenvalue weighted by Gasteiger charge is -2.06. The van der Waals surface area contributed by atoms with Gasteiger partial charge in [0, 0.05) is 36.9 Å². The van der Waals surface area contributed by atoms with Crippen molar-refractivity contribution in [1.29, 1.82) is 0 Å². The Hall–Kier alpha value is -2.24. The number of ketones is 1. The molecule has 0 aliphatic heterocycles. The molecule has 0 aliphatic carbocycles. The van der Waals surface area contributed by atoms with Crippen molar-refractivity contribution >= 4 is 5.78 Å². The molecule has 1 heterocycles. The summed E-state index contributed by atoms with van der Waals surface area (Å²) in [5.41, 5.74) is -0.0306. The zero-order chi connectivity index (χ0) is 15.4. The van der Waals surface area contributed by atoms with Gasteiger partial charge in [-0.25, -0.2) is 17.6 Å². The summed E-state index contributed by atoms with van der Waals surface area (Å²) in [7, 11) is 0. The second kappa shape index (κ2) is 6.47. The lowest BCUT2D eigenvalue weighted by molar-refractivity contribution is -0.118. The van der Waals surface area contributed by atoms with Gasteiger partial charge in [-0.3, -0.25) is 9.78 Å². The topological polar surface area (TPSA) is 30.0 Å². The molecule has 0 saturated carbocycles. The molecule has 0 fully saturated rings. The summed E-state index contributed by atoms with van der Waals surface area (Å²) >= 11 is 0. The minimum Gasteiger partial charge on any atom is -0.299 e. The van der Waals surface area contributed by atoms with Crippen molar-refractivity contribution in [1.82, 2.24) is 4.98 Å². The van der Waals surface area contributed by atoms with E-state index in [1.165, 1.54) is 0 Å². The first-order valence-corrected chi connectivity index (χ1v) is 6.21.